The molecule has 0 fully saturated rings. The average molecular weight is 453 g/mol. The lowest BCUT2D eigenvalue weighted by Crippen LogP contribution is -2.57. The van der Waals surface area contributed by atoms with Crippen LogP contribution in [-0.4, -0.2) is 40.9 Å². The summed E-state index contributed by atoms with van der Waals surface area (Å²) in [7, 11) is 0.917. The summed E-state index contributed by atoms with van der Waals surface area (Å²) >= 11 is 1.91. The smallest absolute Gasteiger partial charge is 0.371 e. The Morgan fingerprint density at radius 3 is 2.54 bits per heavy atom. The molecule has 0 aliphatic carbocycles. The number of aliphatic hydroxyl groups is 1. The summed E-state index contributed by atoms with van der Waals surface area (Å²) in [6, 6.07) is 9.97. The van der Waals surface area contributed by atoms with Gasteiger partial charge in [-0.2, -0.15) is 23.5 Å². The minimum absolute atomic E-state index is 0.109. The van der Waals surface area contributed by atoms with Crippen molar-refractivity contribution in [1.82, 2.24) is 0 Å². The molecule has 1 aliphatic rings. The first-order valence-corrected chi connectivity index (χ1v) is 8.52. The van der Waals surface area contributed by atoms with Crippen molar-refractivity contribution in [1.29, 1.82) is 5.26 Å². The number of benzene rings is 1. The SMILES string of the molecule is COC(C(F)(F)F)C1(CCI)C(C#N)=NN(c2ccccc2)C1O. The van der Waals surface area contributed by atoms with Gasteiger partial charge in [0.25, 0.3) is 0 Å². The van der Waals surface area contributed by atoms with Crippen LogP contribution in [0, 0.1) is 16.7 Å². The number of hydrogen-bond acceptors (Lipinski definition) is 5. The molecule has 1 aromatic carbocycles. The van der Waals surface area contributed by atoms with Gasteiger partial charge in [-0.1, -0.05) is 40.8 Å². The third kappa shape index (κ3) is 3.10. The molecule has 1 heterocycles. The first kappa shape index (κ1) is 19.0. The molecular formula is C15H15F3IN3O2. The van der Waals surface area contributed by atoms with Crippen LogP contribution in [0.2, 0.25) is 0 Å². The second-order valence-corrected chi connectivity index (χ2v) is 6.33. The zero-order chi connectivity index (χ0) is 18.0. The molecule has 1 aliphatic heterocycles. The molecule has 1 N–H and O–H groups in total. The van der Waals surface area contributed by atoms with E-state index in [1.165, 1.54) is 0 Å². The van der Waals surface area contributed by atoms with Crippen LogP contribution >= 0.6 is 22.6 Å². The van der Waals surface area contributed by atoms with Gasteiger partial charge in [-0.25, -0.2) is 5.01 Å². The third-order valence-corrected chi connectivity index (χ3v) is 4.52. The predicted octanol–water partition coefficient (Wildman–Crippen LogP) is 3.09. The lowest BCUT2D eigenvalue weighted by Gasteiger charge is -2.39. The zero-order valence-corrected chi connectivity index (χ0v) is 14.8. The van der Waals surface area contributed by atoms with Gasteiger partial charge in [0, 0.05) is 11.5 Å². The fourth-order valence-corrected chi connectivity index (χ4v) is 3.83. The van der Waals surface area contributed by atoms with Gasteiger partial charge in [-0.15, -0.1) is 0 Å². The number of alkyl halides is 4. The highest BCUT2D eigenvalue weighted by atomic mass is 127. The Bertz CT molecular complexity index is 648. The van der Waals surface area contributed by atoms with E-state index in [0.29, 0.717) is 5.69 Å². The zero-order valence-electron chi connectivity index (χ0n) is 12.7. The van der Waals surface area contributed by atoms with Crippen LogP contribution in [0.25, 0.3) is 0 Å². The standard InChI is InChI=1S/C15H15F3IN3O2/c1-24-12(15(16,17)18)14(7-8-19)11(9-20)21-22(13(14)23)10-5-3-2-4-6-10/h2-6,12-13,23H,7-8H2,1H3. The summed E-state index contributed by atoms with van der Waals surface area (Å²) in [6.07, 6.45) is -8.88. The molecule has 0 saturated heterocycles. The maximum atomic E-state index is 13.5. The van der Waals surface area contributed by atoms with Gasteiger partial charge < -0.3 is 9.84 Å². The first-order chi connectivity index (χ1) is 11.3. The maximum absolute atomic E-state index is 13.5. The Kier molecular flexibility index (Phi) is 5.72. The van der Waals surface area contributed by atoms with Crippen LogP contribution in [0.5, 0.6) is 0 Å². The second-order valence-electron chi connectivity index (χ2n) is 5.25. The molecule has 5 nitrogen and oxygen atoms in total. The average Bonchev–Trinajstić information content (AvgIpc) is 2.81. The summed E-state index contributed by atoms with van der Waals surface area (Å²) in [5, 5.41) is 25.1. The number of nitrogens with zero attached hydrogens (tertiary/aromatic N) is 3. The molecule has 0 radical (unpaired) electrons. The summed E-state index contributed by atoms with van der Waals surface area (Å²) in [5.41, 5.74) is -1.98. The number of para-hydroxylation sites is 1. The Hall–Kier alpha value is -1.38. The lowest BCUT2D eigenvalue weighted by atomic mass is 9.73. The number of methoxy groups -OCH3 is 1. The maximum Gasteiger partial charge on any atom is 0.415 e. The second kappa shape index (κ2) is 7.25. The summed E-state index contributed by atoms with van der Waals surface area (Å²) in [4.78, 5) is 0. The molecule has 130 valence electrons. The van der Waals surface area contributed by atoms with Gasteiger partial charge in [0.1, 0.15) is 11.5 Å². The molecule has 0 spiro atoms. The van der Waals surface area contributed by atoms with Gasteiger partial charge in [0.15, 0.2) is 18.0 Å². The summed E-state index contributed by atoms with van der Waals surface area (Å²) < 4.78 is 45.6. The van der Waals surface area contributed by atoms with Crippen molar-refractivity contribution in [2.45, 2.75) is 24.9 Å². The van der Waals surface area contributed by atoms with E-state index >= 15 is 0 Å². The van der Waals surface area contributed by atoms with Crippen molar-refractivity contribution in [2.75, 3.05) is 16.5 Å². The molecule has 3 atom stereocenters. The fourth-order valence-electron chi connectivity index (χ4n) is 2.93. The molecular weight excluding hydrogens is 438 g/mol. The molecule has 1 aromatic rings. The van der Waals surface area contributed by atoms with Crippen LogP contribution in [-0.2, 0) is 4.74 Å². The van der Waals surface area contributed by atoms with Crippen molar-refractivity contribution in [3.8, 4) is 6.07 Å². The number of halogens is 4. The van der Waals surface area contributed by atoms with E-state index in [9.17, 15) is 23.5 Å². The van der Waals surface area contributed by atoms with Crippen molar-refractivity contribution >= 4 is 34.0 Å². The number of aliphatic hydroxyl groups excluding tert-OH is 1. The van der Waals surface area contributed by atoms with Crippen LogP contribution < -0.4 is 5.01 Å². The summed E-state index contributed by atoms with van der Waals surface area (Å²) in [6.45, 7) is 0. The number of hydrazone groups is 1. The van der Waals surface area contributed by atoms with Gasteiger partial charge in [-0.3, -0.25) is 0 Å². The minimum atomic E-state index is -4.76. The van der Waals surface area contributed by atoms with Gasteiger partial charge in [0.2, 0.25) is 0 Å². The minimum Gasteiger partial charge on any atom is -0.371 e. The highest BCUT2D eigenvalue weighted by Gasteiger charge is 2.64. The molecule has 24 heavy (non-hydrogen) atoms. The van der Waals surface area contributed by atoms with Gasteiger partial charge in [0.05, 0.1) is 5.69 Å². The van der Waals surface area contributed by atoms with Crippen molar-refractivity contribution in [2.24, 2.45) is 10.5 Å². The Morgan fingerprint density at radius 1 is 1.46 bits per heavy atom. The molecule has 0 saturated carbocycles. The van der Waals surface area contributed by atoms with Crippen LogP contribution in [0.3, 0.4) is 0 Å². The Labute approximate surface area is 150 Å². The number of nitriles is 1. The van der Waals surface area contributed by atoms with Gasteiger partial charge in [-0.05, 0) is 18.6 Å². The number of anilines is 1. The topological polar surface area (TPSA) is 68.8 Å². The highest BCUT2D eigenvalue weighted by Crippen LogP contribution is 2.48. The number of hydrogen-bond donors (Lipinski definition) is 1. The molecule has 3 unspecified atom stereocenters. The van der Waals surface area contributed by atoms with E-state index in [-0.39, 0.29) is 16.6 Å². The molecule has 0 amide bonds. The van der Waals surface area contributed by atoms with Crippen LogP contribution in [0.1, 0.15) is 6.42 Å². The fraction of sp³-hybridized carbons (Fsp3) is 0.467. The highest BCUT2D eigenvalue weighted by molar-refractivity contribution is 14.1. The van der Waals surface area contributed by atoms with E-state index in [4.69, 9.17) is 4.74 Å². The molecule has 0 aromatic heterocycles. The monoisotopic (exact) mass is 453 g/mol. The van der Waals surface area contributed by atoms with Crippen LogP contribution in [0.4, 0.5) is 18.9 Å². The number of rotatable bonds is 5. The molecule has 9 heteroatoms. The van der Waals surface area contributed by atoms with Gasteiger partial charge >= 0.3 is 6.18 Å². The van der Waals surface area contributed by atoms with E-state index < -0.39 is 23.9 Å². The first-order valence-electron chi connectivity index (χ1n) is 7.00. The summed E-state index contributed by atoms with van der Waals surface area (Å²) in [5.74, 6) is 0. The van der Waals surface area contributed by atoms with Crippen molar-refractivity contribution in [3.05, 3.63) is 30.3 Å². The third-order valence-electron chi connectivity index (χ3n) is 3.98. The van der Waals surface area contributed by atoms with Crippen molar-refractivity contribution < 1.29 is 23.0 Å². The number of ether oxygens (including phenoxy) is 1. The van der Waals surface area contributed by atoms with E-state index in [0.717, 1.165) is 12.1 Å². The largest absolute Gasteiger partial charge is 0.415 e. The quantitative estimate of drug-likeness (QED) is 0.550. The van der Waals surface area contributed by atoms with E-state index in [2.05, 4.69) is 5.10 Å². The molecule has 2 rings (SSSR count). The van der Waals surface area contributed by atoms with Crippen LogP contribution in [0.15, 0.2) is 35.4 Å². The normalized spacial score (nSPS) is 25.3. The van der Waals surface area contributed by atoms with E-state index in [1.807, 2.05) is 22.6 Å². The molecule has 0 bridgehead atoms. The Balaban J connectivity index is 2.59. The lowest BCUT2D eigenvalue weighted by molar-refractivity contribution is -0.247. The predicted molar refractivity (Wildman–Crippen MR) is 90.8 cm³/mol. The Morgan fingerprint density at radius 2 is 2.08 bits per heavy atom. The van der Waals surface area contributed by atoms with E-state index in [1.54, 1.807) is 36.4 Å². The van der Waals surface area contributed by atoms with Crippen molar-refractivity contribution in [3.63, 3.8) is 0 Å².